The number of nitrogens with zero attached hydrogens (tertiary/aromatic N) is 3. The monoisotopic (exact) mass is 470 g/mol. The van der Waals surface area contributed by atoms with Gasteiger partial charge in [0.1, 0.15) is 16.9 Å². The Bertz CT molecular complexity index is 1190. The number of hydrogen-bond donors (Lipinski definition) is 3. The molecule has 0 radical (unpaired) electrons. The summed E-state index contributed by atoms with van der Waals surface area (Å²) in [5.41, 5.74) is 1.91. The van der Waals surface area contributed by atoms with Crippen molar-refractivity contribution in [2.75, 3.05) is 0 Å². The van der Waals surface area contributed by atoms with Crippen LogP contribution in [0.3, 0.4) is 0 Å². The van der Waals surface area contributed by atoms with E-state index in [1.807, 2.05) is 36.5 Å². The molecular weight excluding hydrogens is 451 g/mol. The molecule has 2 amide bonds. The van der Waals surface area contributed by atoms with Gasteiger partial charge in [0.2, 0.25) is 11.7 Å². The lowest BCUT2D eigenvalue weighted by atomic mass is 10.0. The Morgan fingerprint density at radius 2 is 1.97 bits per heavy atom. The first-order chi connectivity index (χ1) is 15.5. The lowest BCUT2D eigenvalue weighted by molar-refractivity contribution is -0.123. The maximum atomic E-state index is 13.0. The normalized spacial score (nSPS) is 11.9. The maximum absolute atomic E-state index is 13.0. The summed E-state index contributed by atoms with van der Waals surface area (Å²) in [7, 11) is 0. The second-order valence-electron chi connectivity index (χ2n) is 7.17. The van der Waals surface area contributed by atoms with Gasteiger partial charge in [0.05, 0.1) is 17.3 Å². The molecule has 8 nitrogen and oxygen atoms in total. The predicted octanol–water partition coefficient (Wildman–Crippen LogP) is 3.41. The fourth-order valence-electron chi connectivity index (χ4n) is 3.25. The van der Waals surface area contributed by atoms with E-state index >= 15 is 0 Å². The van der Waals surface area contributed by atoms with Crippen LogP contribution in [0.4, 0.5) is 0 Å². The van der Waals surface area contributed by atoms with Gasteiger partial charge >= 0.3 is 0 Å². The van der Waals surface area contributed by atoms with Crippen LogP contribution in [0.2, 0.25) is 10.2 Å². The van der Waals surface area contributed by atoms with Crippen molar-refractivity contribution in [2.24, 2.45) is 0 Å². The molecule has 4 rings (SSSR count). The summed E-state index contributed by atoms with van der Waals surface area (Å²) >= 11 is 11.8. The summed E-state index contributed by atoms with van der Waals surface area (Å²) in [5, 5.41) is 6.03. The van der Waals surface area contributed by atoms with Crippen molar-refractivity contribution >= 4 is 40.8 Å². The highest BCUT2D eigenvalue weighted by Gasteiger charge is 2.23. The van der Waals surface area contributed by atoms with Crippen LogP contribution in [0.5, 0.6) is 0 Å². The zero-order chi connectivity index (χ0) is 22.5. The molecule has 0 aliphatic carbocycles. The van der Waals surface area contributed by atoms with Crippen LogP contribution in [0, 0.1) is 0 Å². The summed E-state index contributed by atoms with van der Waals surface area (Å²) in [5.74, 6) is -0.238. The standard InChI is InChI=1S/C22H20Cl2N6O2/c23-16-11-18(28-19(16)24)21(32)29-17(8-7-14-5-2-1-3-6-14)20(31)26-12-15-13-30-10-4-9-25-22(30)27-15/h1-6,9-11,13,17,28H,7-8,12H2,(H,26,31)(H,29,32)/t17-/m0/s1. The van der Waals surface area contributed by atoms with Crippen molar-refractivity contribution in [2.45, 2.75) is 25.4 Å². The molecule has 1 aromatic carbocycles. The number of aromatic nitrogens is 4. The summed E-state index contributed by atoms with van der Waals surface area (Å²) < 4.78 is 1.77. The van der Waals surface area contributed by atoms with E-state index in [4.69, 9.17) is 23.2 Å². The van der Waals surface area contributed by atoms with Gasteiger partial charge in [0.25, 0.3) is 5.91 Å². The highest BCUT2D eigenvalue weighted by atomic mass is 35.5. The van der Waals surface area contributed by atoms with Crippen molar-refractivity contribution < 1.29 is 9.59 Å². The summed E-state index contributed by atoms with van der Waals surface area (Å²) in [4.78, 5) is 36.9. The first-order valence-electron chi connectivity index (χ1n) is 9.94. The van der Waals surface area contributed by atoms with Gasteiger partial charge in [0.15, 0.2) is 0 Å². The fourth-order valence-corrected chi connectivity index (χ4v) is 3.57. The van der Waals surface area contributed by atoms with Gasteiger partial charge in [-0.1, -0.05) is 53.5 Å². The van der Waals surface area contributed by atoms with Crippen LogP contribution >= 0.6 is 23.2 Å². The molecule has 0 unspecified atom stereocenters. The lowest BCUT2D eigenvalue weighted by Crippen LogP contribution is -2.47. The summed E-state index contributed by atoms with van der Waals surface area (Å²) in [6, 6.07) is 12.2. The van der Waals surface area contributed by atoms with Crippen molar-refractivity contribution in [3.8, 4) is 0 Å². The minimum atomic E-state index is -0.765. The Balaban J connectivity index is 1.44. The van der Waals surface area contributed by atoms with E-state index in [1.165, 1.54) is 6.07 Å². The molecule has 0 fully saturated rings. The third-order valence-electron chi connectivity index (χ3n) is 4.89. The number of aromatic amines is 1. The maximum Gasteiger partial charge on any atom is 0.268 e. The molecule has 10 heteroatoms. The SMILES string of the molecule is O=C(N[C@@H](CCc1ccccc1)C(=O)NCc1cn2cccnc2n1)c1cc(Cl)c(Cl)[nH]1. The number of H-pyrrole nitrogens is 1. The Hall–Kier alpha value is -3.36. The quantitative estimate of drug-likeness (QED) is 0.366. The first kappa shape index (κ1) is 21.9. The average Bonchev–Trinajstić information content (AvgIpc) is 3.38. The number of fused-ring (bicyclic) bond motifs is 1. The van der Waals surface area contributed by atoms with Crippen molar-refractivity contribution in [1.82, 2.24) is 30.0 Å². The number of carbonyl (C=O) groups is 2. The molecule has 0 saturated carbocycles. The summed E-state index contributed by atoms with van der Waals surface area (Å²) in [6.45, 7) is 0.208. The van der Waals surface area contributed by atoms with Crippen molar-refractivity contribution in [1.29, 1.82) is 0 Å². The van der Waals surface area contributed by atoms with Crippen LogP contribution in [0.1, 0.15) is 28.2 Å². The van der Waals surface area contributed by atoms with Crippen molar-refractivity contribution in [3.63, 3.8) is 0 Å². The molecular formula is C22H20Cl2N6O2. The third kappa shape index (κ3) is 5.27. The molecule has 0 bridgehead atoms. The van der Waals surface area contributed by atoms with Gasteiger partial charge in [-0.2, -0.15) is 0 Å². The van der Waals surface area contributed by atoms with Gasteiger partial charge < -0.3 is 15.6 Å². The number of rotatable bonds is 8. The minimum absolute atomic E-state index is 0.169. The number of nitrogens with one attached hydrogen (secondary N) is 3. The van der Waals surface area contributed by atoms with E-state index in [0.717, 1.165) is 5.56 Å². The molecule has 164 valence electrons. The third-order valence-corrected chi connectivity index (χ3v) is 5.58. The van der Waals surface area contributed by atoms with Gasteiger partial charge in [-0.15, -0.1) is 0 Å². The Morgan fingerprint density at radius 1 is 1.16 bits per heavy atom. The molecule has 3 aromatic heterocycles. The Labute approximate surface area is 194 Å². The van der Waals surface area contributed by atoms with Gasteiger partial charge in [-0.25, -0.2) is 9.97 Å². The Kier molecular flexibility index (Phi) is 6.72. The van der Waals surface area contributed by atoms with Gasteiger partial charge in [-0.05, 0) is 30.5 Å². The number of hydrogen-bond acceptors (Lipinski definition) is 4. The number of aryl methyl sites for hydroxylation is 1. The van der Waals surface area contributed by atoms with E-state index in [-0.39, 0.29) is 28.3 Å². The topological polar surface area (TPSA) is 104 Å². The molecule has 32 heavy (non-hydrogen) atoms. The van der Waals surface area contributed by atoms with Crippen LogP contribution in [-0.2, 0) is 17.8 Å². The molecule has 4 aromatic rings. The van der Waals surface area contributed by atoms with E-state index in [1.54, 1.807) is 22.9 Å². The molecule has 3 N–H and O–H groups in total. The molecule has 3 heterocycles. The van der Waals surface area contributed by atoms with Gasteiger partial charge in [-0.3, -0.25) is 14.0 Å². The van der Waals surface area contributed by atoms with Crippen LogP contribution < -0.4 is 10.6 Å². The largest absolute Gasteiger partial charge is 0.349 e. The highest BCUT2D eigenvalue weighted by Crippen LogP contribution is 2.21. The summed E-state index contributed by atoms with van der Waals surface area (Å²) in [6.07, 6.45) is 6.30. The van der Waals surface area contributed by atoms with E-state index in [0.29, 0.717) is 24.3 Å². The second-order valence-corrected chi connectivity index (χ2v) is 7.96. The molecule has 1 atom stereocenters. The number of imidazole rings is 1. The van der Waals surface area contributed by atoms with E-state index in [2.05, 4.69) is 25.6 Å². The second kappa shape index (κ2) is 9.84. The number of carbonyl (C=O) groups excluding carboxylic acids is 2. The minimum Gasteiger partial charge on any atom is -0.349 e. The number of amides is 2. The smallest absolute Gasteiger partial charge is 0.268 e. The first-order valence-corrected chi connectivity index (χ1v) is 10.7. The molecule has 0 spiro atoms. The zero-order valence-corrected chi connectivity index (χ0v) is 18.4. The van der Waals surface area contributed by atoms with Crippen molar-refractivity contribution in [3.05, 3.63) is 88.2 Å². The zero-order valence-electron chi connectivity index (χ0n) is 16.9. The van der Waals surface area contributed by atoms with Crippen LogP contribution in [0.15, 0.2) is 61.1 Å². The molecule has 0 aliphatic rings. The van der Waals surface area contributed by atoms with E-state index < -0.39 is 11.9 Å². The Morgan fingerprint density at radius 3 is 2.69 bits per heavy atom. The molecule has 0 aliphatic heterocycles. The van der Waals surface area contributed by atoms with Gasteiger partial charge in [0, 0.05) is 18.6 Å². The average molecular weight is 471 g/mol. The number of halogens is 2. The fraction of sp³-hybridized carbons (Fsp3) is 0.182. The van der Waals surface area contributed by atoms with E-state index in [9.17, 15) is 9.59 Å². The van der Waals surface area contributed by atoms with Crippen LogP contribution in [-0.4, -0.2) is 37.2 Å². The predicted molar refractivity (Wildman–Crippen MR) is 122 cm³/mol. The lowest BCUT2D eigenvalue weighted by Gasteiger charge is -2.18. The molecule has 0 saturated heterocycles. The number of benzene rings is 1. The van der Waals surface area contributed by atoms with Crippen LogP contribution in [0.25, 0.3) is 5.78 Å². The highest BCUT2D eigenvalue weighted by molar-refractivity contribution is 6.41.